The summed E-state index contributed by atoms with van der Waals surface area (Å²) in [7, 11) is 3.30. The van der Waals surface area contributed by atoms with Crippen LogP contribution in [0.1, 0.15) is 35.8 Å². The third kappa shape index (κ3) is 4.19. The lowest BCUT2D eigenvalue weighted by Gasteiger charge is -2.28. The number of aryl methyl sites for hydroxylation is 1. The maximum atomic E-state index is 6.55. The molecule has 2 aromatic rings. The molecule has 1 aromatic carbocycles. The van der Waals surface area contributed by atoms with Crippen LogP contribution in [0.25, 0.3) is 0 Å². The molecule has 1 atom stereocenters. The first-order chi connectivity index (χ1) is 12.4. The molecule has 0 spiro atoms. The van der Waals surface area contributed by atoms with Gasteiger partial charge in [0.25, 0.3) is 0 Å². The molecule has 1 unspecified atom stereocenters. The molecule has 2 heterocycles. The van der Waals surface area contributed by atoms with Gasteiger partial charge in [0, 0.05) is 29.1 Å². The van der Waals surface area contributed by atoms with Gasteiger partial charge in [0.15, 0.2) is 11.5 Å². The van der Waals surface area contributed by atoms with Crippen molar-refractivity contribution in [2.24, 2.45) is 5.73 Å². The summed E-state index contributed by atoms with van der Waals surface area (Å²) in [6.07, 6.45) is 2.91. The van der Waals surface area contributed by atoms with Gasteiger partial charge in [-0.3, -0.25) is 0 Å². The summed E-state index contributed by atoms with van der Waals surface area (Å²) in [4.78, 5) is 4.50. The van der Waals surface area contributed by atoms with Crippen molar-refractivity contribution < 1.29 is 9.47 Å². The van der Waals surface area contributed by atoms with Gasteiger partial charge in [-0.05, 0) is 55.3 Å². The van der Waals surface area contributed by atoms with Crippen LogP contribution in [0.3, 0.4) is 0 Å². The largest absolute Gasteiger partial charge is 0.493 e. The van der Waals surface area contributed by atoms with E-state index in [1.807, 2.05) is 12.1 Å². The van der Waals surface area contributed by atoms with Gasteiger partial charge in [0.1, 0.15) is 4.99 Å². The lowest BCUT2D eigenvalue weighted by molar-refractivity contribution is 0.330. The molecule has 0 radical (unpaired) electrons. The summed E-state index contributed by atoms with van der Waals surface area (Å²) in [5.74, 6) is 1.46. The van der Waals surface area contributed by atoms with Crippen LogP contribution in [-0.4, -0.2) is 36.2 Å². The zero-order valence-corrected chi connectivity index (χ0v) is 17.2. The molecule has 3 rings (SSSR count). The van der Waals surface area contributed by atoms with Crippen molar-refractivity contribution in [3.63, 3.8) is 0 Å². The Balaban J connectivity index is 1.61. The predicted octanol–water partition coefficient (Wildman–Crippen LogP) is 4.00. The minimum absolute atomic E-state index is 0.205. The molecule has 1 aliphatic heterocycles. The van der Waals surface area contributed by atoms with E-state index in [1.54, 1.807) is 25.6 Å². The van der Waals surface area contributed by atoms with Crippen molar-refractivity contribution in [3.05, 3.63) is 45.6 Å². The zero-order chi connectivity index (χ0) is 18.7. The van der Waals surface area contributed by atoms with Crippen LogP contribution >= 0.6 is 23.6 Å². The first kappa shape index (κ1) is 19.1. The molecule has 4 nitrogen and oxygen atoms in total. The number of nitrogens with two attached hydrogens (primary N) is 1. The average molecular weight is 391 g/mol. The fourth-order valence-electron chi connectivity index (χ4n) is 3.26. The fourth-order valence-corrected chi connectivity index (χ4v) is 4.31. The Labute approximate surface area is 164 Å². The van der Waals surface area contributed by atoms with Crippen LogP contribution in [-0.2, 0) is 13.0 Å². The Kier molecular flexibility index (Phi) is 5.85. The smallest absolute Gasteiger partial charge is 0.161 e. The lowest BCUT2D eigenvalue weighted by Crippen LogP contribution is -2.40. The second kappa shape index (κ2) is 7.94. The molecule has 1 aliphatic rings. The third-order valence-electron chi connectivity index (χ3n) is 4.96. The molecule has 0 bridgehead atoms. The Bertz CT molecular complexity index is 772. The van der Waals surface area contributed by atoms with E-state index in [2.05, 4.69) is 29.3 Å². The molecule has 0 aliphatic carbocycles. The number of ether oxygens (including phenoxy) is 2. The van der Waals surface area contributed by atoms with E-state index in [0.717, 1.165) is 54.4 Å². The Morgan fingerprint density at radius 3 is 2.62 bits per heavy atom. The van der Waals surface area contributed by atoms with Crippen LogP contribution in [0.4, 0.5) is 0 Å². The highest BCUT2D eigenvalue weighted by atomic mass is 32.1. The number of hydrogen-bond acceptors (Lipinski definition) is 5. The van der Waals surface area contributed by atoms with Crippen LogP contribution in [0, 0.1) is 0 Å². The molecule has 0 saturated heterocycles. The van der Waals surface area contributed by atoms with Gasteiger partial charge in [-0.1, -0.05) is 18.3 Å². The van der Waals surface area contributed by atoms with Gasteiger partial charge in [0.05, 0.1) is 14.2 Å². The Morgan fingerprint density at radius 1 is 1.23 bits per heavy atom. The first-order valence-corrected chi connectivity index (χ1v) is 10.1. The number of hydrogen-bond donors (Lipinski definition) is 1. The summed E-state index contributed by atoms with van der Waals surface area (Å²) in [6, 6.07) is 8.28. The van der Waals surface area contributed by atoms with E-state index >= 15 is 0 Å². The second-order valence-electron chi connectivity index (χ2n) is 7.07. The van der Waals surface area contributed by atoms with Crippen molar-refractivity contribution in [2.75, 3.05) is 20.8 Å². The highest BCUT2D eigenvalue weighted by Gasteiger charge is 2.28. The highest BCUT2D eigenvalue weighted by molar-refractivity contribution is 7.80. The maximum absolute atomic E-state index is 6.55. The summed E-state index contributed by atoms with van der Waals surface area (Å²) in [5.41, 5.74) is 8.59. The highest BCUT2D eigenvalue weighted by Crippen LogP contribution is 2.35. The van der Waals surface area contributed by atoms with Gasteiger partial charge in [-0.2, -0.15) is 0 Å². The van der Waals surface area contributed by atoms with Gasteiger partial charge in [-0.25, -0.2) is 0 Å². The molecule has 1 aromatic heterocycles. The van der Waals surface area contributed by atoms with E-state index in [-0.39, 0.29) is 5.54 Å². The number of rotatable bonds is 8. The quantitative estimate of drug-likeness (QED) is 0.691. The summed E-state index contributed by atoms with van der Waals surface area (Å²) in [6.45, 7) is 3.80. The molecule has 0 saturated carbocycles. The van der Waals surface area contributed by atoms with E-state index in [0.29, 0.717) is 0 Å². The molecule has 0 fully saturated rings. The van der Waals surface area contributed by atoms with Crippen LogP contribution < -0.4 is 15.2 Å². The van der Waals surface area contributed by atoms with Gasteiger partial charge in [-0.15, -0.1) is 11.3 Å². The number of thiophene rings is 1. The number of benzene rings is 1. The second-order valence-corrected chi connectivity index (χ2v) is 8.49. The zero-order valence-electron chi connectivity index (χ0n) is 15.6. The van der Waals surface area contributed by atoms with Crippen molar-refractivity contribution in [1.82, 2.24) is 4.90 Å². The topological polar surface area (TPSA) is 47.7 Å². The van der Waals surface area contributed by atoms with Crippen molar-refractivity contribution in [2.45, 2.75) is 38.3 Å². The Morgan fingerprint density at radius 2 is 1.96 bits per heavy atom. The number of methoxy groups -OCH3 is 2. The minimum Gasteiger partial charge on any atom is -0.493 e. The summed E-state index contributed by atoms with van der Waals surface area (Å²) >= 11 is 7.49. The monoisotopic (exact) mass is 390 g/mol. The average Bonchev–Trinajstić information content (AvgIpc) is 3.25. The molecular weight excluding hydrogens is 364 g/mol. The third-order valence-corrected chi connectivity index (χ3v) is 6.38. The van der Waals surface area contributed by atoms with Gasteiger partial charge >= 0.3 is 0 Å². The van der Waals surface area contributed by atoms with Gasteiger partial charge < -0.3 is 20.1 Å². The van der Waals surface area contributed by atoms with Crippen LogP contribution in [0.2, 0.25) is 0 Å². The van der Waals surface area contributed by atoms with Gasteiger partial charge in [0.2, 0.25) is 0 Å². The SMILES string of the molecule is COc1cc2c(cc1OC)C(=S)N(CCC(C)(N)CCc1cccs1)C2. The fraction of sp³-hybridized carbons (Fsp3) is 0.450. The van der Waals surface area contributed by atoms with Crippen molar-refractivity contribution in [3.8, 4) is 11.5 Å². The lowest BCUT2D eigenvalue weighted by atomic mass is 9.92. The first-order valence-electron chi connectivity index (χ1n) is 8.79. The number of nitrogens with zero attached hydrogens (tertiary/aromatic N) is 1. The van der Waals surface area contributed by atoms with Crippen molar-refractivity contribution in [1.29, 1.82) is 0 Å². The molecule has 0 amide bonds. The maximum Gasteiger partial charge on any atom is 0.161 e. The summed E-state index contributed by atoms with van der Waals surface area (Å²) < 4.78 is 10.8. The minimum atomic E-state index is -0.205. The van der Waals surface area contributed by atoms with E-state index in [1.165, 1.54) is 10.4 Å². The molecular formula is C20H26N2O2S2. The molecule has 140 valence electrons. The molecule has 2 N–H and O–H groups in total. The van der Waals surface area contributed by atoms with Crippen LogP contribution in [0.15, 0.2) is 29.6 Å². The van der Waals surface area contributed by atoms with Crippen LogP contribution in [0.5, 0.6) is 11.5 Å². The molecule has 6 heteroatoms. The number of thiocarbonyl (C=S) groups is 1. The summed E-state index contributed by atoms with van der Waals surface area (Å²) in [5, 5.41) is 2.12. The van der Waals surface area contributed by atoms with Crippen molar-refractivity contribution >= 4 is 28.5 Å². The molecule has 26 heavy (non-hydrogen) atoms. The van der Waals surface area contributed by atoms with E-state index in [9.17, 15) is 0 Å². The standard InChI is InChI=1S/C20H26N2O2S2/c1-20(21,7-6-15-5-4-10-26-15)8-9-22-13-14-11-17(23-2)18(24-3)12-16(14)19(22)25/h4-5,10-12H,6-9,13,21H2,1-3H3. The number of fused-ring (bicyclic) bond motifs is 1. The van der Waals surface area contributed by atoms with E-state index in [4.69, 9.17) is 27.4 Å². The Hall–Kier alpha value is -1.63. The van der Waals surface area contributed by atoms with E-state index < -0.39 is 0 Å². The predicted molar refractivity (Wildman–Crippen MR) is 112 cm³/mol. The normalized spacial score (nSPS) is 15.7.